The van der Waals surface area contributed by atoms with Gasteiger partial charge in [-0.3, -0.25) is 0 Å². The highest BCUT2D eigenvalue weighted by atomic mass is 16.9. The fraction of sp³-hybridized carbons (Fsp3) is 0.750. The zero-order chi connectivity index (χ0) is 36.7. The topological polar surface area (TPSA) is 21.7 Å². The van der Waals surface area contributed by atoms with Crippen LogP contribution >= 0.6 is 0 Å². The fourth-order valence-corrected chi connectivity index (χ4v) is 7.47. The van der Waals surface area contributed by atoms with Gasteiger partial charge in [-0.2, -0.15) is 0 Å². The highest BCUT2D eigenvalue weighted by molar-refractivity contribution is 5.27. The lowest BCUT2D eigenvalue weighted by molar-refractivity contribution is -0.518. The third-order valence-electron chi connectivity index (χ3n) is 10.6. The molecule has 1 heterocycles. The molecule has 0 spiro atoms. The Labute approximate surface area is 318 Å². The van der Waals surface area contributed by atoms with Gasteiger partial charge >= 0.3 is 0 Å². The lowest BCUT2D eigenvalue weighted by atomic mass is 9.93. The molecule has 0 saturated carbocycles. The number of hydrogen-bond acceptors (Lipinski definition) is 3. The van der Waals surface area contributed by atoms with Gasteiger partial charge in [-0.05, 0) is 97.2 Å². The molecule has 1 aliphatic heterocycles. The quantitative estimate of drug-likeness (QED) is 0.0526. The smallest absolute Gasteiger partial charge is 0.198 e. The molecule has 0 unspecified atom stereocenters. The van der Waals surface area contributed by atoms with Gasteiger partial charge in [0.2, 0.25) is 0 Å². The Morgan fingerprint density at radius 2 is 0.863 bits per heavy atom. The normalized spacial score (nSPS) is 19.3. The molecule has 3 nitrogen and oxygen atoms in total. The van der Waals surface area contributed by atoms with Gasteiger partial charge in [-0.25, -0.2) is 0 Å². The summed E-state index contributed by atoms with van der Waals surface area (Å²) in [6, 6.07) is 8.85. The summed E-state index contributed by atoms with van der Waals surface area (Å²) in [6.07, 6.45) is 50.4. The van der Waals surface area contributed by atoms with Crippen LogP contribution in [0, 0.1) is 0 Å². The molecule has 0 bridgehead atoms. The minimum atomic E-state index is -0.627. The summed E-state index contributed by atoms with van der Waals surface area (Å²) >= 11 is 0. The third-order valence-corrected chi connectivity index (χ3v) is 10.6. The Morgan fingerprint density at radius 3 is 1.31 bits per heavy atom. The molecule has 1 aromatic carbocycles. The first-order chi connectivity index (χ1) is 24.9. The Kier molecular flexibility index (Phi) is 26.5. The molecule has 1 fully saturated rings. The maximum atomic E-state index is 6.82. The molecule has 0 atom stereocenters. The van der Waals surface area contributed by atoms with E-state index in [0.29, 0.717) is 0 Å². The van der Waals surface area contributed by atoms with Crippen molar-refractivity contribution in [2.24, 2.45) is 0 Å². The largest absolute Gasteiger partial charge is 0.314 e. The number of benzene rings is 1. The molecular weight excluding hydrogens is 623 g/mol. The zero-order valence-electron chi connectivity index (χ0n) is 34.5. The number of allylic oxidation sites excluding steroid dienone is 6. The van der Waals surface area contributed by atoms with E-state index in [1.165, 1.54) is 166 Å². The van der Waals surface area contributed by atoms with Gasteiger partial charge < -0.3 is 14.4 Å². The van der Waals surface area contributed by atoms with E-state index < -0.39 is 11.6 Å². The van der Waals surface area contributed by atoms with Crippen LogP contribution in [-0.2, 0) is 21.8 Å². The second-order valence-electron chi connectivity index (χ2n) is 16.0. The molecular formula is C48H83NO2. The van der Waals surface area contributed by atoms with Gasteiger partial charge in [0.1, 0.15) is 0 Å². The maximum Gasteiger partial charge on any atom is 0.198 e. The van der Waals surface area contributed by atoms with Gasteiger partial charge in [0.05, 0.1) is 0 Å². The molecule has 0 aliphatic carbocycles. The van der Waals surface area contributed by atoms with E-state index in [4.69, 9.17) is 9.47 Å². The summed E-state index contributed by atoms with van der Waals surface area (Å²) < 4.78 is 13.6. The van der Waals surface area contributed by atoms with E-state index in [-0.39, 0.29) is 0 Å². The van der Waals surface area contributed by atoms with E-state index in [1.54, 1.807) is 0 Å². The van der Waals surface area contributed by atoms with Gasteiger partial charge in [0.25, 0.3) is 0 Å². The van der Waals surface area contributed by atoms with Crippen LogP contribution in [0.1, 0.15) is 212 Å². The molecule has 1 aliphatic rings. The Morgan fingerprint density at radius 1 is 0.490 bits per heavy atom. The highest BCUT2D eigenvalue weighted by Crippen LogP contribution is 2.50. The van der Waals surface area contributed by atoms with Crippen molar-refractivity contribution >= 4 is 0 Å². The molecule has 2 rings (SSSR count). The first kappa shape index (κ1) is 45.5. The summed E-state index contributed by atoms with van der Waals surface area (Å²) in [5, 5.41) is 0. The van der Waals surface area contributed by atoms with Crippen molar-refractivity contribution in [3.8, 4) is 0 Å². The zero-order valence-corrected chi connectivity index (χ0v) is 34.5. The van der Waals surface area contributed by atoms with Crippen LogP contribution in [0.4, 0.5) is 0 Å². The molecule has 51 heavy (non-hydrogen) atoms. The lowest BCUT2D eigenvalue weighted by Crippen LogP contribution is -2.59. The van der Waals surface area contributed by atoms with Crippen LogP contribution in [0.25, 0.3) is 0 Å². The summed E-state index contributed by atoms with van der Waals surface area (Å²) in [6.45, 7) is 7.63. The van der Waals surface area contributed by atoms with Gasteiger partial charge in [0.15, 0.2) is 11.6 Å². The second-order valence-corrected chi connectivity index (χ2v) is 16.0. The minimum absolute atomic E-state index is 0.410. The van der Waals surface area contributed by atoms with Crippen molar-refractivity contribution in [2.75, 3.05) is 14.1 Å². The second kappa shape index (κ2) is 29.7. The van der Waals surface area contributed by atoms with Crippen LogP contribution in [0.3, 0.4) is 0 Å². The summed E-state index contributed by atoms with van der Waals surface area (Å²) in [5.41, 5.74) is 2.46. The minimum Gasteiger partial charge on any atom is -0.314 e. The van der Waals surface area contributed by atoms with Crippen molar-refractivity contribution in [1.82, 2.24) is 4.90 Å². The van der Waals surface area contributed by atoms with E-state index in [2.05, 4.69) is 100 Å². The van der Waals surface area contributed by atoms with Crippen molar-refractivity contribution < 1.29 is 9.47 Å². The molecule has 0 amide bonds. The van der Waals surface area contributed by atoms with Crippen molar-refractivity contribution in [3.05, 3.63) is 71.8 Å². The molecule has 1 aromatic rings. The number of rotatable bonds is 34. The number of hydrogen-bond donors (Lipinski definition) is 0. The third kappa shape index (κ3) is 22.2. The van der Waals surface area contributed by atoms with Gasteiger partial charge in [0, 0.05) is 24.9 Å². The van der Waals surface area contributed by atoms with Crippen LogP contribution in [-0.4, -0.2) is 24.8 Å². The molecule has 292 valence electrons. The van der Waals surface area contributed by atoms with Gasteiger partial charge in [-0.15, -0.1) is 0 Å². The highest BCUT2D eigenvalue weighted by Gasteiger charge is 2.54. The predicted molar refractivity (Wildman–Crippen MR) is 224 cm³/mol. The fourth-order valence-electron chi connectivity index (χ4n) is 7.47. The Balaban J connectivity index is 1.65. The lowest BCUT2D eigenvalue weighted by Gasteiger charge is -2.55. The standard InChI is InChI=1S/C48H83NO2/c1-6-8-10-12-14-16-18-20-22-24-26-28-30-32-34-36-42-48(50-47(3,51-48)46-40-38-45(39-41-46)44-49(4)5)43-37-35-33-31-29-27-25-23-21-19-17-15-13-11-9-7-2/h14,16,20-23,38-41H,6-13,15,17-19,24-37,42-44H2,1-5H3/b16-14-,22-20-,23-21-. The summed E-state index contributed by atoms with van der Waals surface area (Å²) in [4.78, 5) is 2.21. The van der Waals surface area contributed by atoms with E-state index in [9.17, 15) is 0 Å². The predicted octanol–water partition coefficient (Wildman–Crippen LogP) is 15.3. The number of unbranched alkanes of at least 4 members (excludes halogenated alkanes) is 21. The molecule has 3 heteroatoms. The van der Waals surface area contributed by atoms with Crippen LogP contribution in [0.2, 0.25) is 0 Å². The number of nitrogens with zero attached hydrogens (tertiary/aromatic N) is 1. The SMILES string of the molecule is CCCCC/C=C\C/C=C\CCCCCCCCC1(CCCCCCCC/C=C\CCCCCCCC)OC(C)(c2ccc(CN(C)C)cc2)O1. The summed E-state index contributed by atoms with van der Waals surface area (Å²) in [7, 11) is 4.23. The van der Waals surface area contributed by atoms with Crippen LogP contribution in [0.15, 0.2) is 60.7 Å². The van der Waals surface area contributed by atoms with Crippen molar-refractivity contribution in [2.45, 2.75) is 219 Å². The Hall–Kier alpha value is -1.68. The van der Waals surface area contributed by atoms with E-state index in [0.717, 1.165) is 31.4 Å². The molecule has 0 N–H and O–H groups in total. The van der Waals surface area contributed by atoms with E-state index in [1.807, 2.05) is 0 Å². The number of ether oxygens (including phenoxy) is 2. The molecule has 0 radical (unpaired) electrons. The Bertz CT molecular complexity index is 1020. The summed E-state index contributed by atoms with van der Waals surface area (Å²) in [5.74, 6) is -1.04. The van der Waals surface area contributed by atoms with Gasteiger partial charge in [-0.1, -0.05) is 171 Å². The average molecular weight is 706 g/mol. The van der Waals surface area contributed by atoms with Crippen LogP contribution < -0.4 is 0 Å². The monoisotopic (exact) mass is 706 g/mol. The first-order valence-corrected chi connectivity index (χ1v) is 22.0. The average Bonchev–Trinajstić information content (AvgIpc) is 3.10. The molecule has 0 aromatic heterocycles. The van der Waals surface area contributed by atoms with Crippen molar-refractivity contribution in [1.29, 1.82) is 0 Å². The van der Waals surface area contributed by atoms with Crippen molar-refractivity contribution in [3.63, 3.8) is 0 Å². The van der Waals surface area contributed by atoms with Crippen LogP contribution in [0.5, 0.6) is 0 Å². The maximum absolute atomic E-state index is 6.82. The first-order valence-electron chi connectivity index (χ1n) is 22.0. The van der Waals surface area contributed by atoms with E-state index >= 15 is 0 Å². The molecule has 1 saturated heterocycles.